The molecule has 0 aliphatic heterocycles. The molecule has 0 saturated heterocycles. The number of carbonyl (C=O) groups is 1. The predicted molar refractivity (Wildman–Crippen MR) is 87.2 cm³/mol. The van der Waals surface area contributed by atoms with E-state index in [4.69, 9.17) is 16.3 Å². The maximum atomic E-state index is 12.3. The van der Waals surface area contributed by atoms with Crippen LogP contribution in [0.1, 0.15) is 30.5 Å². The van der Waals surface area contributed by atoms with Crippen molar-refractivity contribution in [2.45, 2.75) is 31.9 Å². The normalized spacial score (nSPS) is 17.6. The first kappa shape index (κ1) is 14.9. The maximum absolute atomic E-state index is 12.3. The highest BCUT2D eigenvalue weighted by molar-refractivity contribution is 6.30. The van der Waals surface area contributed by atoms with Crippen LogP contribution < -0.4 is 10.1 Å². The Morgan fingerprint density at radius 1 is 1.27 bits per heavy atom. The molecule has 0 unspecified atom stereocenters. The Bertz CT molecular complexity index is 686. The summed E-state index contributed by atoms with van der Waals surface area (Å²) in [6, 6.07) is 15.4. The molecule has 0 spiro atoms. The number of rotatable bonds is 4. The van der Waals surface area contributed by atoms with Gasteiger partial charge in [-0.3, -0.25) is 4.79 Å². The Kier molecular flexibility index (Phi) is 4.34. The van der Waals surface area contributed by atoms with Gasteiger partial charge in [0, 0.05) is 5.02 Å². The van der Waals surface area contributed by atoms with E-state index >= 15 is 0 Å². The number of aryl methyl sites for hydroxylation is 1. The van der Waals surface area contributed by atoms with E-state index in [1.54, 1.807) is 31.2 Å². The number of fused-ring (bicyclic) bond motifs is 1. The van der Waals surface area contributed by atoms with Crippen LogP contribution in [0.4, 0.5) is 0 Å². The second-order valence-electron chi connectivity index (χ2n) is 5.52. The molecule has 0 fully saturated rings. The summed E-state index contributed by atoms with van der Waals surface area (Å²) in [5, 5.41) is 3.67. The summed E-state index contributed by atoms with van der Waals surface area (Å²) >= 11 is 5.92. The molecule has 0 saturated carbocycles. The standard InChI is InChI=1S/C18H18ClNO2/c1-12(22-15-7-4-6-14(19)11-15)18(21)20-17-10-9-13-5-2-3-8-16(13)17/h2-8,11-12,17H,9-10H2,1H3,(H,20,21)/t12-,17+/m0/s1. The zero-order chi connectivity index (χ0) is 15.5. The number of hydrogen-bond donors (Lipinski definition) is 1. The van der Waals surface area contributed by atoms with Gasteiger partial charge >= 0.3 is 0 Å². The molecule has 2 aromatic rings. The molecule has 1 N–H and O–H groups in total. The molecule has 114 valence electrons. The summed E-state index contributed by atoms with van der Waals surface area (Å²) in [4.78, 5) is 12.3. The second-order valence-corrected chi connectivity index (χ2v) is 5.95. The van der Waals surface area contributed by atoms with Crippen molar-refractivity contribution in [3.8, 4) is 5.75 Å². The van der Waals surface area contributed by atoms with Gasteiger partial charge in [-0.25, -0.2) is 0 Å². The van der Waals surface area contributed by atoms with E-state index in [1.165, 1.54) is 11.1 Å². The fourth-order valence-electron chi connectivity index (χ4n) is 2.79. The number of nitrogens with one attached hydrogen (secondary N) is 1. The van der Waals surface area contributed by atoms with Gasteiger partial charge in [0.1, 0.15) is 5.75 Å². The Morgan fingerprint density at radius 2 is 2.09 bits per heavy atom. The van der Waals surface area contributed by atoms with Gasteiger partial charge in [0.2, 0.25) is 0 Å². The van der Waals surface area contributed by atoms with Crippen LogP contribution in [0.25, 0.3) is 0 Å². The number of benzene rings is 2. The minimum Gasteiger partial charge on any atom is -0.481 e. The van der Waals surface area contributed by atoms with E-state index in [0.717, 1.165) is 12.8 Å². The van der Waals surface area contributed by atoms with Gasteiger partial charge in [-0.2, -0.15) is 0 Å². The molecule has 2 aromatic carbocycles. The molecule has 3 rings (SSSR count). The molecular weight excluding hydrogens is 298 g/mol. The van der Waals surface area contributed by atoms with Crippen LogP contribution >= 0.6 is 11.6 Å². The van der Waals surface area contributed by atoms with Crippen LogP contribution in [0.2, 0.25) is 5.02 Å². The maximum Gasteiger partial charge on any atom is 0.261 e. The van der Waals surface area contributed by atoms with E-state index in [2.05, 4.69) is 17.4 Å². The van der Waals surface area contributed by atoms with Gasteiger partial charge in [-0.1, -0.05) is 41.9 Å². The zero-order valence-corrected chi connectivity index (χ0v) is 13.1. The molecule has 1 amide bonds. The number of carbonyl (C=O) groups excluding carboxylic acids is 1. The summed E-state index contributed by atoms with van der Waals surface area (Å²) in [7, 11) is 0. The highest BCUT2D eigenvalue weighted by Gasteiger charge is 2.25. The van der Waals surface area contributed by atoms with Gasteiger partial charge in [-0.05, 0) is 49.1 Å². The van der Waals surface area contributed by atoms with E-state index in [9.17, 15) is 4.79 Å². The molecule has 3 nitrogen and oxygen atoms in total. The molecule has 0 radical (unpaired) electrons. The second kappa shape index (κ2) is 6.41. The molecule has 22 heavy (non-hydrogen) atoms. The Hall–Kier alpha value is -2.00. The highest BCUT2D eigenvalue weighted by Crippen LogP contribution is 2.30. The van der Waals surface area contributed by atoms with Crippen molar-refractivity contribution < 1.29 is 9.53 Å². The fourth-order valence-corrected chi connectivity index (χ4v) is 2.97. The summed E-state index contributed by atoms with van der Waals surface area (Å²) in [6.07, 6.45) is 1.38. The Balaban J connectivity index is 1.63. The van der Waals surface area contributed by atoms with Gasteiger partial charge in [0.15, 0.2) is 6.10 Å². The third-order valence-electron chi connectivity index (χ3n) is 3.93. The number of halogens is 1. The van der Waals surface area contributed by atoms with Crippen molar-refractivity contribution in [1.29, 1.82) is 0 Å². The van der Waals surface area contributed by atoms with E-state index in [1.807, 2.05) is 12.1 Å². The summed E-state index contributed by atoms with van der Waals surface area (Å²) in [6.45, 7) is 1.75. The summed E-state index contributed by atoms with van der Waals surface area (Å²) < 4.78 is 5.66. The van der Waals surface area contributed by atoms with Crippen molar-refractivity contribution in [1.82, 2.24) is 5.32 Å². The topological polar surface area (TPSA) is 38.3 Å². The summed E-state index contributed by atoms with van der Waals surface area (Å²) in [5.41, 5.74) is 2.53. The third-order valence-corrected chi connectivity index (χ3v) is 4.16. The van der Waals surface area contributed by atoms with E-state index < -0.39 is 6.10 Å². The molecule has 4 heteroatoms. The lowest BCUT2D eigenvalue weighted by Crippen LogP contribution is -2.38. The quantitative estimate of drug-likeness (QED) is 0.929. The Labute approximate surface area is 135 Å². The van der Waals surface area contributed by atoms with Gasteiger partial charge in [-0.15, -0.1) is 0 Å². The monoisotopic (exact) mass is 315 g/mol. The zero-order valence-electron chi connectivity index (χ0n) is 12.4. The minimum atomic E-state index is -0.564. The number of amides is 1. The fraction of sp³-hybridized carbons (Fsp3) is 0.278. The molecular formula is C18H18ClNO2. The highest BCUT2D eigenvalue weighted by atomic mass is 35.5. The van der Waals surface area contributed by atoms with Gasteiger partial charge in [0.05, 0.1) is 6.04 Å². The summed E-state index contributed by atoms with van der Waals surface area (Å²) in [5.74, 6) is 0.489. The van der Waals surface area contributed by atoms with Crippen molar-refractivity contribution in [3.05, 3.63) is 64.7 Å². The van der Waals surface area contributed by atoms with Crippen LogP contribution in [-0.4, -0.2) is 12.0 Å². The average Bonchev–Trinajstić information content (AvgIpc) is 2.90. The average molecular weight is 316 g/mol. The van der Waals surface area contributed by atoms with E-state index in [-0.39, 0.29) is 11.9 Å². The lowest BCUT2D eigenvalue weighted by Gasteiger charge is -2.19. The number of hydrogen-bond acceptors (Lipinski definition) is 2. The smallest absolute Gasteiger partial charge is 0.261 e. The van der Waals surface area contributed by atoms with Gasteiger partial charge < -0.3 is 10.1 Å². The lowest BCUT2D eigenvalue weighted by atomic mass is 10.1. The number of ether oxygens (including phenoxy) is 1. The first-order chi connectivity index (χ1) is 10.6. The lowest BCUT2D eigenvalue weighted by molar-refractivity contribution is -0.128. The largest absolute Gasteiger partial charge is 0.481 e. The van der Waals surface area contributed by atoms with Crippen molar-refractivity contribution in [3.63, 3.8) is 0 Å². The Morgan fingerprint density at radius 3 is 2.91 bits per heavy atom. The van der Waals surface area contributed by atoms with Gasteiger partial charge in [0.25, 0.3) is 5.91 Å². The molecule has 0 heterocycles. The molecule has 1 aliphatic rings. The van der Waals surface area contributed by atoms with Crippen LogP contribution in [0.15, 0.2) is 48.5 Å². The molecule has 0 bridgehead atoms. The van der Waals surface area contributed by atoms with Crippen LogP contribution in [0, 0.1) is 0 Å². The molecule has 1 aliphatic carbocycles. The first-order valence-corrected chi connectivity index (χ1v) is 7.81. The van der Waals surface area contributed by atoms with Crippen LogP contribution in [-0.2, 0) is 11.2 Å². The van der Waals surface area contributed by atoms with E-state index in [0.29, 0.717) is 10.8 Å². The van der Waals surface area contributed by atoms with Crippen molar-refractivity contribution in [2.24, 2.45) is 0 Å². The molecule has 0 aromatic heterocycles. The third kappa shape index (κ3) is 3.25. The van der Waals surface area contributed by atoms with Crippen LogP contribution in [0.3, 0.4) is 0 Å². The van der Waals surface area contributed by atoms with Crippen LogP contribution in [0.5, 0.6) is 5.75 Å². The van der Waals surface area contributed by atoms with Crippen molar-refractivity contribution in [2.75, 3.05) is 0 Å². The minimum absolute atomic E-state index is 0.0779. The first-order valence-electron chi connectivity index (χ1n) is 7.44. The predicted octanol–water partition coefficient (Wildman–Crippen LogP) is 3.91. The SMILES string of the molecule is C[C@H](Oc1cccc(Cl)c1)C(=O)N[C@@H]1CCc2ccccc21. The van der Waals surface area contributed by atoms with Crippen molar-refractivity contribution >= 4 is 17.5 Å². The molecule has 2 atom stereocenters.